The Morgan fingerprint density at radius 1 is 1.15 bits per heavy atom. The van der Waals surface area contributed by atoms with E-state index in [1.807, 2.05) is 29.6 Å². The van der Waals surface area contributed by atoms with Gasteiger partial charge in [-0.1, -0.05) is 0 Å². The zero-order valence-electron chi connectivity index (χ0n) is 10.2. The number of thiophene rings is 1. The first kappa shape index (κ1) is 11.7. The molecule has 98 valence electrons. The van der Waals surface area contributed by atoms with Crippen LogP contribution in [0, 0.1) is 0 Å². The van der Waals surface area contributed by atoms with E-state index in [2.05, 4.69) is 19.9 Å². The van der Waals surface area contributed by atoms with Gasteiger partial charge in [-0.15, -0.1) is 11.3 Å². The number of nitrogens with zero attached hydrogens (tertiary/aromatic N) is 3. The van der Waals surface area contributed by atoms with Crippen LogP contribution in [0.2, 0.25) is 0 Å². The van der Waals surface area contributed by atoms with Gasteiger partial charge in [-0.3, -0.25) is 0 Å². The summed E-state index contributed by atoms with van der Waals surface area (Å²) >= 11 is 3.14. The van der Waals surface area contributed by atoms with E-state index in [9.17, 15) is 0 Å². The lowest BCUT2D eigenvalue weighted by molar-refractivity contribution is 1.05. The molecule has 3 aromatic heterocycles. The lowest BCUT2D eigenvalue weighted by Crippen LogP contribution is -1.83. The third kappa shape index (κ3) is 1.91. The minimum absolute atomic E-state index is 0.723. The number of imidazole rings is 1. The number of anilines is 1. The largest absolute Gasteiger partial charge is 0.399 e. The number of nitrogens with one attached hydrogen (secondary N) is 1. The van der Waals surface area contributed by atoms with Crippen LogP contribution in [0.3, 0.4) is 0 Å². The summed E-state index contributed by atoms with van der Waals surface area (Å²) in [7, 11) is 0. The Hall–Kier alpha value is -2.12. The highest BCUT2D eigenvalue weighted by Crippen LogP contribution is 2.33. The number of aromatic amines is 1. The van der Waals surface area contributed by atoms with Gasteiger partial charge in [-0.2, -0.15) is 0 Å². The first-order valence-electron chi connectivity index (χ1n) is 5.91. The number of hydrogen-bond acceptors (Lipinski definition) is 6. The van der Waals surface area contributed by atoms with Crippen LogP contribution < -0.4 is 5.73 Å². The van der Waals surface area contributed by atoms with Crippen molar-refractivity contribution in [3.05, 3.63) is 36.0 Å². The average molecular weight is 299 g/mol. The van der Waals surface area contributed by atoms with Crippen molar-refractivity contribution in [2.45, 2.75) is 10.2 Å². The maximum atomic E-state index is 5.77. The Bertz CT molecular complexity index is 911. The average Bonchev–Trinajstić information content (AvgIpc) is 3.04. The van der Waals surface area contributed by atoms with E-state index in [1.165, 1.54) is 11.8 Å². The monoisotopic (exact) mass is 299 g/mol. The quantitative estimate of drug-likeness (QED) is 0.438. The van der Waals surface area contributed by atoms with Gasteiger partial charge in [0.1, 0.15) is 11.4 Å². The van der Waals surface area contributed by atoms with Gasteiger partial charge in [-0.05, 0) is 41.4 Å². The second-order valence-corrected chi connectivity index (χ2v) is 6.13. The summed E-state index contributed by atoms with van der Waals surface area (Å²) in [5.41, 5.74) is 9.30. The standard InChI is InChI=1S/C13H9N5S2/c14-7-1-2-8-10(5-7)18-13(17-8)20-12-11-9(3-4-19-11)15-6-16-12/h1-6H,14H2,(H,17,18). The molecule has 3 heterocycles. The van der Waals surface area contributed by atoms with Crippen molar-refractivity contribution < 1.29 is 0 Å². The van der Waals surface area contributed by atoms with E-state index < -0.39 is 0 Å². The number of nitrogens with two attached hydrogens (primary N) is 1. The van der Waals surface area contributed by atoms with E-state index in [0.29, 0.717) is 0 Å². The molecule has 0 radical (unpaired) electrons. The summed E-state index contributed by atoms with van der Waals surface area (Å²) in [6.07, 6.45) is 1.58. The molecule has 0 saturated carbocycles. The van der Waals surface area contributed by atoms with E-state index >= 15 is 0 Å². The molecule has 0 amide bonds. The molecule has 0 bridgehead atoms. The summed E-state index contributed by atoms with van der Waals surface area (Å²) < 4.78 is 1.08. The Kier molecular flexibility index (Phi) is 2.61. The van der Waals surface area contributed by atoms with Crippen LogP contribution in [0.15, 0.2) is 46.2 Å². The van der Waals surface area contributed by atoms with E-state index in [0.717, 1.165) is 37.1 Å². The van der Waals surface area contributed by atoms with Crippen LogP contribution in [0.25, 0.3) is 21.3 Å². The molecule has 4 rings (SSSR count). The summed E-state index contributed by atoms with van der Waals surface area (Å²) in [6.45, 7) is 0. The lowest BCUT2D eigenvalue weighted by atomic mass is 10.3. The topological polar surface area (TPSA) is 80.5 Å². The Morgan fingerprint density at radius 2 is 2.10 bits per heavy atom. The van der Waals surface area contributed by atoms with E-state index in [-0.39, 0.29) is 0 Å². The highest BCUT2D eigenvalue weighted by molar-refractivity contribution is 7.99. The van der Waals surface area contributed by atoms with Crippen LogP contribution in [-0.4, -0.2) is 19.9 Å². The molecule has 0 saturated heterocycles. The van der Waals surface area contributed by atoms with Gasteiger partial charge < -0.3 is 10.7 Å². The van der Waals surface area contributed by atoms with Crippen molar-refractivity contribution in [2.24, 2.45) is 0 Å². The van der Waals surface area contributed by atoms with Gasteiger partial charge in [0.05, 0.1) is 21.3 Å². The number of fused-ring (bicyclic) bond motifs is 2. The van der Waals surface area contributed by atoms with Crippen molar-refractivity contribution >= 4 is 50.0 Å². The Morgan fingerprint density at radius 3 is 3.05 bits per heavy atom. The number of hydrogen-bond donors (Lipinski definition) is 2. The molecule has 0 aliphatic carbocycles. The first-order chi connectivity index (χ1) is 9.79. The third-order valence-corrected chi connectivity index (χ3v) is 4.82. The summed E-state index contributed by atoms with van der Waals surface area (Å²) in [5, 5.41) is 3.74. The van der Waals surface area contributed by atoms with Gasteiger partial charge in [-0.25, -0.2) is 15.0 Å². The molecular weight excluding hydrogens is 290 g/mol. The number of aromatic nitrogens is 4. The molecule has 0 aliphatic heterocycles. The van der Waals surface area contributed by atoms with Crippen LogP contribution in [0.4, 0.5) is 5.69 Å². The fourth-order valence-corrected chi connectivity index (χ4v) is 3.77. The highest BCUT2D eigenvalue weighted by atomic mass is 32.2. The lowest BCUT2D eigenvalue weighted by Gasteiger charge is -1.97. The van der Waals surface area contributed by atoms with Crippen molar-refractivity contribution in [1.82, 2.24) is 19.9 Å². The number of H-pyrrole nitrogens is 1. The zero-order chi connectivity index (χ0) is 13.5. The number of rotatable bonds is 2. The van der Waals surface area contributed by atoms with Gasteiger partial charge in [0.25, 0.3) is 0 Å². The van der Waals surface area contributed by atoms with Crippen molar-refractivity contribution in [3.8, 4) is 0 Å². The van der Waals surface area contributed by atoms with Crippen LogP contribution in [0.1, 0.15) is 0 Å². The van der Waals surface area contributed by atoms with E-state index in [4.69, 9.17) is 5.73 Å². The second kappa shape index (κ2) is 4.46. The maximum absolute atomic E-state index is 5.77. The first-order valence-corrected chi connectivity index (χ1v) is 7.60. The third-order valence-electron chi connectivity index (χ3n) is 2.89. The SMILES string of the molecule is Nc1ccc2nc(Sc3ncnc4ccsc34)[nH]c2c1. The predicted molar refractivity (Wildman–Crippen MR) is 82.0 cm³/mol. The number of nitrogen functional groups attached to an aromatic ring is 1. The van der Waals surface area contributed by atoms with E-state index in [1.54, 1.807) is 17.7 Å². The van der Waals surface area contributed by atoms with Gasteiger partial charge >= 0.3 is 0 Å². The van der Waals surface area contributed by atoms with Crippen LogP contribution >= 0.6 is 23.1 Å². The molecule has 7 heteroatoms. The van der Waals surface area contributed by atoms with Crippen molar-refractivity contribution in [3.63, 3.8) is 0 Å². The van der Waals surface area contributed by atoms with Gasteiger partial charge in [0.2, 0.25) is 0 Å². The second-order valence-electron chi connectivity index (χ2n) is 4.23. The Balaban J connectivity index is 1.78. The predicted octanol–water partition coefficient (Wildman–Crippen LogP) is 3.30. The molecule has 20 heavy (non-hydrogen) atoms. The molecule has 0 unspecified atom stereocenters. The fourth-order valence-electron chi connectivity index (χ4n) is 1.98. The smallest absolute Gasteiger partial charge is 0.172 e. The molecule has 5 nitrogen and oxygen atoms in total. The molecule has 4 aromatic rings. The van der Waals surface area contributed by atoms with Crippen molar-refractivity contribution in [2.75, 3.05) is 5.73 Å². The minimum atomic E-state index is 0.723. The maximum Gasteiger partial charge on any atom is 0.172 e. The Labute approximate surface area is 122 Å². The molecule has 0 fully saturated rings. The van der Waals surface area contributed by atoms with Gasteiger partial charge in [0, 0.05) is 5.69 Å². The molecular formula is C13H9N5S2. The molecule has 3 N–H and O–H groups in total. The fraction of sp³-hybridized carbons (Fsp3) is 0. The van der Waals surface area contributed by atoms with Gasteiger partial charge in [0.15, 0.2) is 5.16 Å². The highest BCUT2D eigenvalue weighted by Gasteiger charge is 2.10. The summed E-state index contributed by atoms with van der Waals surface area (Å²) in [6, 6.07) is 7.63. The summed E-state index contributed by atoms with van der Waals surface area (Å²) in [5.74, 6) is 0. The zero-order valence-corrected chi connectivity index (χ0v) is 11.8. The van der Waals surface area contributed by atoms with Crippen LogP contribution in [-0.2, 0) is 0 Å². The molecule has 1 aromatic carbocycles. The number of benzene rings is 1. The summed E-state index contributed by atoms with van der Waals surface area (Å²) in [4.78, 5) is 16.4. The molecule has 0 atom stereocenters. The normalized spacial score (nSPS) is 11.4. The molecule has 0 aliphatic rings. The molecule has 0 spiro atoms. The van der Waals surface area contributed by atoms with Crippen molar-refractivity contribution in [1.29, 1.82) is 0 Å². The van der Waals surface area contributed by atoms with Crippen LogP contribution in [0.5, 0.6) is 0 Å². The minimum Gasteiger partial charge on any atom is -0.399 e.